The van der Waals surface area contributed by atoms with Crippen molar-refractivity contribution in [3.05, 3.63) is 41.7 Å². The van der Waals surface area contributed by atoms with Gasteiger partial charge in [-0.3, -0.25) is 4.68 Å². The van der Waals surface area contributed by atoms with Crippen molar-refractivity contribution in [3.63, 3.8) is 0 Å². The van der Waals surface area contributed by atoms with E-state index in [1.807, 2.05) is 17.1 Å². The number of rotatable bonds is 4. The van der Waals surface area contributed by atoms with Gasteiger partial charge in [-0.25, -0.2) is 0 Å². The minimum atomic E-state index is 0.839. The van der Waals surface area contributed by atoms with E-state index in [1.54, 1.807) is 0 Å². The molecule has 2 heterocycles. The smallest absolute Gasteiger partial charge is 0.0729 e. The molecular weight excluding hydrogens is 224 g/mol. The van der Waals surface area contributed by atoms with Crippen LogP contribution in [0, 0.1) is 0 Å². The van der Waals surface area contributed by atoms with Gasteiger partial charge in [-0.15, -0.1) is 0 Å². The highest BCUT2D eigenvalue weighted by molar-refractivity contribution is 5.62. The summed E-state index contributed by atoms with van der Waals surface area (Å²) in [6.45, 7) is 4.89. The third kappa shape index (κ3) is 2.06. The zero-order valence-electron chi connectivity index (χ0n) is 10.6. The summed E-state index contributed by atoms with van der Waals surface area (Å²) in [6, 6.07) is 6.51. The molecule has 0 spiro atoms. The van der Waals surface area contributed by atoms with Crippen molar-refractivity contribution in [1.82, 2.24) is 9.78 Å². The number of para-hydroxylation sites is 1. The first-order valence-corrected chi connectivity index (χ1v) is 6.48. The highest BCUT2D eigenvalue weighted by Crippen LogP contribution is 2.26. The normalized spacial score (nSPS) is 13.2. The Hall–Kier alpha value is -1.97. The second kappa shape index (κ2) is 4.72. The molecule has 3 rings (SSSR count). The largest absolute Gasteiger partial charge is 0.384 e. The lowest BCUT2D eigenvalue weighted by atomic mass is 10.1. The number of fused-ring (bicyclic) bond motifs is 1. The number of hydrogen-bond donors (Lipinski definition) is 2. The van der Waals surface area contributed by atoms with Gasteiger partial charge in [0.15, 0.2) is 0 Å². The molecule has 1 aliphatic rings. The lowest BCUT2D eigenvalue weighted by Crippen LogP contribution is -2.02. The highest BCUT2D eigenvalue weighted by Gasteiger charge is 2.13. The molecule has 0 atom stereocenters. The molecule has 0 amide bonds. The van der Waals surface area contributed by atoms with Crippen LogP contribution in [-0.4, -0.2) is 16.3 Å². The Balaban J connectivity index is 1.72. The van der Waals surface area contributed by atoms with Crippen molar-refractivity contribution in [3.8, 4) is 0 Å². The molecule has 0 radical (unpaired) electrons. The number of nitrogens with zero attached hydrogens (tertiary/aromatic N) is 2. The van der Waals surface area contributed by atoms with Gasteiger partial charge < -0.3 is 10.6 Å². The van der Waals surface area contributed by atoms with E-state index in [0.29, 0.717) is 0 Å². The molecule has 18 heavy (non-hydrogen) atoms. The zero-order chi connectivity index (χ0) is 12.4. The van der Waals surface area contributed by atoms with E-state index < -0.39 is 0 Å². The second-order valence-corrected chi connectivity index (χ2v) is 4.57. The molecule has 0 saturated carbocycles. The summed E-state index contributed by atoms with van der Waals surface area (Å²) >= 11 is 0. The molecule has 1 aromatic carbocycles. The van der Waals surface area contributed by atoms with Crippen molar-refractivity contribution in [2.75, 3.05) is 17.2 Å². The van der Waals surface area contributed by atoms with Gasteiger partial charge in [0.25, 0.3) is 0 Å². The molecule has 2 N–H and O–H groups in total. The van der Waals surface area contributed by atoms with Crippen LogP contribution in [0.25, 0.3) is 0 Å². The summed E-state index contributed by atoms with van der Waals surface area (Å²) in [5.74, 6) is 0. The minimum Gasteiger partial charge on any atom is -0.384 e. The Morgan fingerprint density at radius 2 is 2.39 bits per heavy atom. The maximum Gasteiger partial charge on any atom is 0.0729 e. The Kier molecular flexibility index (Phi) is 2.92. The molecule has 4 nitrogen and oxygen atoms in total. The predicted molar refractivity (Wildman–Crippen MR) is 73.9 cm³/mol. The molecule has 0 fully saturated rings. The maximum atomic E-state index is 4.26. The Labute approximate surface area is 107 Å². The molecule has 1 aromatic heterocycles. The van der Waals surface area contributed by atoms with Crippen LogP contribution in [0.15, 0.2) is 30.6 Å². The maximum absolute atomic E-state index is 4.26. The van der Waals surface area contributed by atoms with Crippen LogP contribution >= 0.6 is 0 Å². The molecular formula is C14H18N4. The molecule has 1 aliphatic heterocycles. The summed E-state index contributed by atoms with van der Waals surface area (Å²) in [4.78, 5) is 0. The molecule has 0 bridgehead atoms. The molecule has 94 valence electrons. The van der Waals surface area contributed by atoms with E-state index in [2.05, 4.69) is 40.9 Å². The third-order valence-corrected chi connectivity index (χ3v) is 3.37. The van der Waals surface area contributed by atoms with Gasteiger partial charge in [0.05, 0.1) is 11.9 Å². The number of hydrogen-bond acceptors (Lipinski definition) is 3. The van der Waals surface area contributed by atoms with Gasteiger partial charge in [0, 0.05) is 31.5 Å². The second-order valence-electron chi connectivity index (χ2n) is 4.57. The fourth-order valence-electron chi connectivity index (χ4n) is 2.38. The lowest BCUT2D eigenvalue weighted by molar-refractivity contribution is 0.660. The van der Waals surface area contributed by atoms with Crippen LogP contribution in [-0.2, 0) is 19.5 Å². The van der Waals surface area contributed by atoms with Crippen molar-refractivity contribution in [2.45, 2.75) is 26.4 Å². The third-order valence-electron chi connectivity index (χ3n) is 3.37. The van der Waals surface area contributed by atoms with Crippen molar-refractivity contribution >= 4 is 11.4 Å². The number of aromatic nitrogens is 2. The Morgan fingerprint density at radius 3 is 3.22 bits per heavy atom. The predicted octanol–water partition coefficient (Wildman–Crippen LogP) is 2.48. The SMILES string of the molecule is CCn1cc(NCc2cccc3c2NCC3)cn1. The summed E-state index contributed by atoms with van der Waals surface area (Å²) in [5, 5.41) is 11.1. The number of nitrogens with one attached hydrogen (secondary N) is 2. The number of benzene rings is 1. The van der Waals surface area contributed by atoms with Crippen LogP contribution in [0.2, 0.25) is 0 Å². The molecule has 0 unspecified atom stereocenters. The van der Waals surface area contributed by atoms with Crippen molar-refractivity contribution in [1.29, 1.82) is 0 Å². The van der Waals surface area contributed by atoms with Gasteiger partial charge in [-0.1, -0.05) is 18.2 Å². The number of aryl methyl sites for hydroxylation is 1. The summed E-state index contributed by atoms with van der Waals surface area (Å²) < 4.78 is 1.93. The standard InChI is InChI=1S/C14H18N4/c1-2-18-10-13(9-17-18)16-8-12-5-3-4-11-6-7-15-14(11)12/h3-5,9-10,15-16H,2,6-8H2,1H3. The fourth-order valence-corrected chi connectivity index (χ4v) is 2.38. The van der Waals surface area contributed by atoms with Gasteiger partial charge in [0.1, 0.15) is 0 Å². The van der Waals surface area contributed by atoms with Gasteiger partial charge in [-0.2, -0.15) is 5.10 Å². The monoisotopic (exact) mass is 242 g/mol. The minimum absolute atomic E-state index is 0.839. The lowest BCUT2D eigenvalue weighted by Gasteiger charge is -2.09. The fraction of sp³-hybridized carbons (Fsp3) is 0.357. The summed E-state index contributed by atoms with van der Waals surface area (Å²) in [5.41, 5.74) is 5.15. The van der Waals surface area contributed by atoms with E-state index >= 15 is 0 Å². The topological polar surface area (TPSA) is 41.9 Å². The Morgan fingerprint density at radius 1 is 1.44 bits per heavy atom. The van der Waals surface area contributed by atoms with Crippen LogP contribution in [0.5, 0.6) is 0 Å². The van der Waals surface area contributed by atoms with E-state index in [1.165, 1.54) is 16.8 Å². The van der Waals surface area contributed by atoms with E-state index in [9.17, 15) is 0 Å². The van der Waals surface area contributed by atoms with E-state index in [-0.39, 0.29) is 0 Å². The van der Waals surface area contributed by atoms with Crippen LogP contribution < -0.4 is 10.6 Å². The van der Waals surface area contributed by atoms with Crippen LogP contribution in [0.3, 0.4) is 0 Å². The average Bonchev–Trinajstić information content (AvgIpc) is 3.05. The summed E-state index contributed by atoms with van der Waals surface area (Å²) in [6.07, 6.45) is 5.05. The molecule has 2 aromatic rings. The number of anilines is 2. The molecule has 4 heteroatoms. The molecule has 0 saturated heterocycles. The van der Waals surface area contributed by atoms with Crippen molar-refractivity contribution < 1.29 is 0 Å². The molecule has 0 aliphatic carbocycles. The highest BCUT2D eigenvalue weighted by atomic mass is 15.3. The van der Waals surface area contributed by atoms with E-state index in [0.717, 1.165) is 31.7 Å². The first kappa shape index (κ1) is 11.1. The van der Waals surface area contributed by atoms with Crippen LogP contribution in [0.4, 0.5) is 11.4 Å². The van der Waals surface area contributed by atoms with Gasteiger partial charge >= 0.3 is 0 Å². The summed E-state index contributed by atoms with van der Waals surface area (Å²) in [7, 11) is 0. The van der Waals surface area contributed by atoms with Crippen LogP contribution in [0.1, 0.15) is 18.1 Å². The Bertz CT molecular complexity index is 544. The average molecular weight is 242 g/mol. The van der Waals surface area contributed by atoms with Gasteiger partial charge in [-0.05, 0) is 24.5 Å². The zero-order valence-corrected chi connectivity index (χ0v) is 10.6. The van der Waals surface area contributed by atoms with E-state index in [4.69, 9.17) is 0 Å². The van der Waals surface area contributed by atoms with Gasteiger partial charge in [0.2, 0.25) is 0 Å². The van der Waals surface area contributed by atoms with Crippen molar-refractivity contribution in [2.24, 2.45) is 0 Å². The first-order chi connectivity index (χ1) is 8.86. The quantitative estimate of drug-likeness (QED) is 0.865. The first-order valence-electron chi connectivity index (χ1n) is 6.48.